The molecular weight excluding hydrogens is 441 g/mol. The second-order valence-electron chi connectivity index (χ2n) is 8.20. The number of nitrogens with zero attached hydrogens (tertiary/aromatic N) is 4. The maximum absolute atomic E-state index is 13.8. The highest BCUT2D eigenvalue weighted by Gasteiger charge is 2.30. The van der Waals surface area contributed by atoms with Crippen LogP contribution in [-0.2, 0) is 20.6 Å². The molecule has 3 atom stereocenters. The molecule has 0 saturated heterocycles. The number of hydrogen-bond acceptors (Lipinski definition) is 7. The number of fused-ring (bicyclic) bond motifs is 1. The first kappa shape index (κ1) is 24.9. The fraction of sp³-hybridized carbons (Fsp3) is 0.435. The highest BCUT2D eigenvalue weighted by Crippen LogP contribution is 2.44. The summed E-state index contributed by atoms with van der Waals surface area (Å²) in [5.41, 5.74) is 2.30. The topological polar surface area (TPSA) is 100 Å². The number of rotatable bonds is 12. The molecule has 0 aliphatic carbocycles. The predicted octanol–water partition coefficient (Wildman–Crippen LogP) is 4.69. The molecule has 0 radical (unpaired) electrons. The average molecular weight is 474 g/mol. The predicted molar refractivity (Wildman–Crippen MR) is 128 cm³/mol. The smallest absolute Gasteiger partial charge is 0.342 e. The van der Waals surface area contributed by atoms with E-state index in [1.807, 2.05) is 57.4 Å². The molecule has 1 aromatic carbocycles. The Balaban J connectivity index is 1.70. The molecule has 0 amide bonds. The van der Waals surface area contributed by atoms with Gasteiger partial charge in [-0.1, -0.05) is 24.8 Å². The molecule has 0 fully saturated rings. The van der Waals surface area contributed by atoms with Crippen molar-refractivity contribution in [2.75, 3.05) is 6.35 Å². The third-order valence-electron chi connectivity index (χ3n) is 4.82. The summed E-state index contributed by atoms with van der Waals surface area (Å²) in [5, 5.41) is 3.04. The van der Waals surface area contributed by atoms with Gasteiger partial charge in [0.05, 0.1) is 36.8 Å². The van der Waals surface area contributed by atoms with Crippen molar-refractivity contribution in [2.24, 2.45) is 0 Å². The Kier molecular flexibility index (Phi) is 8.24. The minimum absolute atomic E-state index is 0.0371. The van der Waals surface area contributed by atoms with Crippen LogP contribution in [0, 0.1) is 6.92 Å². The number of benzene rings is 1. The molecule has 178 valence electrons. The van der Waals surface area contributed by atoms with Crippen molar-refractivity contribution >= 4 is 18.7 Å². The zero-order valence-electron chi connectivity index (χ0n) is 19.8. The quantitative estimate of drug-likeness (QED) is 0.299. The SMILES string of the molecule is C=C(OC(C)C)[C@H](C)N[P@](=O)(CO[C@H](C)Cn1cnc2c(C)ncnc21)Oc1ccccc1. The van der Waals surface area contributed by atoms with Crippen molar-refractivity contribution in [3.05, 3.63) is 61.0 Å². The summed E-state index contributed by atoms with van der Waals surface area (Å²) in [6.45, 7) is 13.9. The van der Waals surface area contributed by atoms with Gasteiger partial charge in [-0.05, 0) is 46.8 Å². The van der Waals surface area contributed by atoms with Crippen molar-refractivity contribution in [2.45, 2.75) is 59.4 Å². The summed E-state index contributed by atoms with van der Waals surface area (Å²) in [6, 6.07) is 8.61. The third-order valence-corrected chi connectivity index (χ3v) is 6.60. The molecule has 1 N–H and O–H groups in total. The Bertz CT molecular complexity index is 1120. The monoisotopic (exact) mass is 473 g/mol. The molecule has 3 aromatic rings. The molecule has 0 aliphatic heterocycles. The summed E-state index contributed by atoms with van der Waals surface area (Å²) in [5.74, 6) is 0.967. The van der Waals surface area contributed by atoms with Gasteiger partial charge in [-0.15, -0.1) is 0 Å². The van der Waals surface area contributed by atoms with Crippen LogP contribution in [0.4, 0.5) is 0 Å². The van der Waals surface area contributed by atoms with Crippen molar-refractivity contribution < 1.29 is 18.6 Å². The van der Waals surface area contributed by atoms with Crippen LogP contribution in [-0.4, -0.2) is 44.1 Å². The van der Waals surface area contributed by atoms with Gasteiger partial charge in [0.25, 0.3) is 0 Å². The Morgan fingerprint density at radius 3 is 2.58 bits per heavy atom. The fourth-order valence-corrected chi connectivity index (χ4v) is 5.03. The number of aromatic nitrogens is 4. The molecular formula is C23H32N5O4P. The van der Waals surface area contributed by atoms with Crippen LogP contribution in [0.1, 0.15) is 33.4 Å². The van der Waals surface area contributed by atoms with Gasteiger partial charge in [0.2, 0.25) is 0 Å². The molecule has 0 spiro atoms. The summed E-state index contributed by atoms with van der Waals surface area (Å²) < 4.78 is 33.2. The minimum atomic E-state index is -3.46. The number of ether oxygens (including phenoxy) is 2. The van der Waals surface area contributed by atoms with E-state index in [9.17, 15) is 4.57 Å². The first-order valence-corrected chi connectivity index (χ1v) is 12.7. The van der Waals surface area contributed by atoms with E-state index in [4.69, 9.17) is 14.0 Å². The van der Waals surface area contributed by atoms with Crippen LogP contribution in [0.15, 0.2) is 55.3 Å². The van der Waals surface area contributed by atoms with Crippen LogP contribution in [0.3, 0.4) is 0 Å². The van der Waals surface area contributed by atoms with Crippen LogP contribution < -0.4 is 9.61 Å². The van der Waals surface area contributed by atoms with E-state index in [1.54, 1.807) is 18.5 Å². The van der Waals surface area contributed by atoms with Gasteiger partial charge >= 0.3 is 7.52 Å². The van der Waals surface area contributed by atoms with Crippen LogP contribution in [0.5, 0.6) is 5.75 Å². The molecule has 10 heteroatoms. The van der Waals surface area contributed by atoms with E-state index >= 15 is 0 Å². The second-order valence-corrected chi connectivity index (χ2v) is 10.2. The highest BCUT2D eigenvalue weighted by molar-refractivity contribution is 7.57. The lowest BCUT2D eigenvalue weighted by atomic mass is 10.3. The largest absolute Gasteiger partial charge is 0.494 e. The lowest BCUT2D eigenvalue weighted by molar-refractivity contribution is 0.0814. The summed E-state index contributed by atoms with van der Waals surface area (Å²) >= 11 is 0. The molecule has 0 aliphatic rings. The molecule has 2 aromatic heterocycles. The average Bonchev–Trinajstić information content (AvgIpc) is 3.16. The van der Waals surface area contributed by atoms with Crippen LogP contribution in [0.25, 0.3) is 11.2 Å². The number of imidazole rings is 1. The van der Waals surface area contributed by atoms with Crippen molar-refractivity contribution in [1.29, 1.82) is 0 Å². The van der Waals surface area contributed by atoms with Crippen molar-refractivity contribution in [3.63, 3.8) is 0 Å². The number of aryl methyl sites for hydroxylation is 1. The molecule has 0 saturated carbocycles. The molecule has 2 heterocycles. The number of hydrogen-bond donors (Lipinski definition) is 1. The van der Waals surface area contributed by atoms with E-state index in [0.29, 0.717) is 18.1 Å². The van der Waals surface area contributed by atoms with Crippen molar-refractivity contribution in [3.8, 4) is 5.75 Å². The molecule has 9 nitrogen and oxygen atoms in total. The fourth-order valence-electron chi connectivity index (χ4n) is 3.20. The van der Waals surface area contributed by atoms with Gasteiger partial charge < -0.3 is 18.6 Å². The standard InChI is InChI=1S/C23H32N5O4P/c1-16(2)31-20(6)18(4)27-33(29,32-21-10-8-7-9-11-21)15-30-17(3)12-28-14-26-22-19(5)24-13-25-23(22)28/h7-11,13-14,16-18H,6,12,15H2,1-5H3,(H,27,29)/t17-,18+,33+/m1/s1. The normalized spacial score (nSPS) is 15.2. The summed E-state index contributed by atoms with van der Waals surface area (Å²) in [7, 11) is -3.46. The molecule has 3 rings (SSSR count). The molecule has 33 heavy (non-hydrogen) atoms. The van der Waals surface area contributed by atoms with Crippen LogP contribution >= 0.6 is 7.52 Å². The van der Waals surface area contributed by atoms with Gasteiger partial charge in [0.15, 0.2) is 5.65 Å². The van der Waals surface area contributed by atoms with E-state index in [1.165, 1.54) is 6.33 Å². The maximum atomic E-state index is 13.8. The first-order valence-electron chi connectivity index (χ1n) is 10.9. The van der Waals surface area contributed by atoms with Gasteiger partial charge in [0, 0.05) is 0 Å². The first-order chi connectivity index (χ1) is 15.7. The van der Waals surface area contributed by atoms with Crippen molar-refractivity contribution in [1.82, 2.24) is 24.6 Å². The van der Waals surface area contributed by atoms with Crippen LogP contribution in [0.2, 0.25) is 0 Å². The zero-order valence-corrected chi connectivity index (χ0v) is 20.7. The van der Waals surface area contributed by atoms with E-state index in [-0.39, 0.29) is 18.6 Å². The Morgan fingerprint density at radius 2 is 1.88 bits per heavy atom. The Hall–Kier alpha value is -2.74. The third kappa shape index (κ3) is 6.87. The van der Waals surface area contributed by atoms with E-state index < -0.39 is 13.6 Å². The second kappa shape index (κ2) is 10.9. The Labute approximate surface area is 194 Å². The van der Waals surface area contributed by atoms with Gasteiger partial charge in [-0.3, -0.25) is 4.57 Å². The number of nitrogens with one attached hydrogen (secondary N) is 1. The van der Waals surface area contributed by atoms with Gasteiger partial charge in [-0.2, -0.15) is 0 Å². The molecule has 0 bridgehead atoms. The van der Waals surface area contributed by atoms with Gasteiger partial charge in [0.1, 0.15) is 29.7 Å². The lowest BCUT2D eigenvalue weighted by Crippen LogP contribution is -2.31. The minimum Gasteiger partial charge on any atom is -0.494 e. The van der Waals surface area contributed by atoms with E-state index in [0.717, 1.165) is 16.9 Å². The molecule has 0 unspecified atom stereocenters. The maximum Gasteiger partial charge on any atom is 0.342 e. The summed E-state index contributed by atoms with van der Waals surface area (Å²) in [6.07, 6.45) is 2.77. The summed E-state index contributed by atoms with van der Waals surface area (Å²) in [4.78, 5) is 12.9. The Morgan fingerprint density at radius 1 is 1.15 bits per heavy atom. The lowest BCUT2D eigenvalue weighted by Gasteiger charge is -2.27. The van der Waals surface area contributed by atoms with E-state index in [2.05, 4.69) is 26.6 Å². The highest BCUT2D eigenvalue weighted by atomic mass is 31.2. The zero-order chi connectivity index (χ0) is 24.0. The number of para-hydroxylation sites is 1. The van der Waals surface area contributed by atoms with Gasteiger partial charge in [-0.25, -0.2) is 20.0 Å².